The summed E-state index contributed by atoms with van der Waals surface area (Å²) in [5.74, 6) is 0. The van der Waals surface area contributed by atoms with Crippen molar-refractivity contribution < 1.29 is 0 Å². The summed E-state index contributed by atoms with van der Waals surface area (Å²) < 4.78 is 0. The lowest BCUT2D eigenvalue weighted by molar-refractivity contribution is 1.13. The molecule has 98 valence electrons. The van der Waals surface area contributed by atoms with Crippen molar-refractivity contribution in [1.82, 2.24) is 4.98 Å². The summed E-state index contributed by atoms with van der Waals surface area (Å²) in [6.45, 7) is 2.18. The number of benzene rings is 1. The Morgan fingerprint density at radius 2 is 1.68 bits per heavy atom. The van der Waals surface area contributed by atoms with Gasteiger partial charge in [0.25, 0.3) is 0 Å². The third-order valence-corrected chi connectivity index (χ3v) is 3.18. The van der Waals surface area contributed by atoms with Crippen LogP contribution in [0, 0.1) is 0 Å². The third-order valence-electron chi connectivity index (χ3n) is 3.18. The van der Waals surface area contributed by atoms with Crippen LogP contribution in [0.15, 0.2) is 48.8 Å². The van der Waals surface area contributed by atoms with Crippen molar-refractivity contribution in [3.63, 3.8) is 0 Å². The molecule has 0 saturated carbocycles. The van der Waals surface area contributed by atoms with Crippen molar-refractivity contribution in [3.05, 3.63) is 59.9 Å². The Morgan fingerprint density at radius 1 is 1.05 bits per heavy atom. The monoisotopic (exact) mass is 252 g/mol. The van der Waals surface area contributed by atoms with Crippen LogP contribution < -0.4 is 4.90 Å². The molecule has 0 unspecified atom stereocenters. The number of anilines is 1. The fourth-order valence-electron chi connectivity index (χ4n) is 2.03. The van der Waals surface area contributed by atoms with E-state index in [-0.39, 0.29) is 0 Å². The fourth-order valence-corrected chi connectivity index (χ4v) is 2.03. The second kappa shape index (κ2) is 6.19. The van der Waals surface area contributed by atoms with Crippen molar-refractivity contribution in [2.45, 2.75) is 13.3 Å². The molecular formula is C17H20N2. The van der Waals surface area contributed by atoms with Crippen molar-refractivity contribution in [2.24, 2.45) is 0 Å². The van der Waals surface area contributed by atoms with Gasteiger partial charge in [0.15, 0.2) is 0 Å². The number of hydrogen-bond acceptors (Lipinski definition) is 2. The number of allylic oxidation sites excluding steroid dienone is 1. The molecule has 2 heteroatoms. The Bertz CT molecular complexity index is 539. The van der Waals surface area contributed by atoms with E-state index >= 15 is 0 Å². The molecule has 1 aromatic heterocycles. The normalized spacial score (nSPS) is 11.4. The van der Waals surface area contributed by atoms with Gasteiger partial charge < -0.3 is 4.90 Å². The highest BCUT2D eigenvalue weighted by Crippen LogP contribution is 2.22. The summed E-state index contributed by atoms with van der Waals surface area (Å²) in [6, 6.07) is 12.7. The summed E-state index contributed by atoms with van der Waals surface area (Å²) in [6.07, 6.45) is 6.94. The number of rotatable bonds is 4. The van der Waals surface area contributed by atoms with Gasteiger partial charge in [-0.1, -0.05) is 25.1 Å². The second-order valence-corrected chi connectivity index (χ2v) is 4.74. The zero-order valence-corrected chi connectivity index (χ0v) is 11.8. The molecule has 2 nitrogen and oxygen atoms in total. The minimum absolute atomic E-state index is 1.01. The van der Waals surface area contributed by atoms with E-state index in [1.807, 2.05) is 12.4 Å². The molecule has 0 aliphatic heterocycles. The number of hydrogen-bond donors (Lipinski definition) is 0. The molecular weight excluding hydrogens is 232 g/mol. The lowest BCUT2D eigenvalue weighted by atomic mass is 10.0. The van der Waals surface area contributed by atoms with Gasteiger partial charge in [-0.15, -0.1) is 0 Å². The van der Waals surface area contributed by atoms with E-state index in [1.54, 1.807) is 0 Å². The van der Waals surface area contributed by atoms with Crippen molar-refractivity contribution in [2.75, 3.05) is 19.0 Å². The molecule has 0 bridgehead atoms. The molecule has 0 aliphatic rings. The Morgan fingerprint density at radius 3 is 2.21 bits per heavy atom. The molecule has 0 amide bonds. The zero-order chi connectivity index (χ0) is 13.7. The molecule has 0 fully saturated rings. The first-order valence-electron chi connectivity index (χ1n) is 6.59. The van der Waals surface area contributed by atoms with E-state index in [0.717, 1.165) is 6.42 Å². The summed E-state index contributed by atoms with van der Waals surface area (Å²) in [5, 5.41) is 0. The Kier molecular flexibility index (Phi) is 4.35. The molecule has 1 aromatic carbocycles. The lowest BCUT2D eigenvalue weighted by Gasteiger charge is -2.12. The first-order chi connectivity index (χ1) is 9.20. The molecule has 0 spiro atoms. The molecule has 0 aliphatic carbocycles. The molecule has 0 saturated heterocycles. The van der Waals surface area contributed by atoms with Gasteiger partial charge in [-0.2, -0.15) is 0 Å². The number of nitrogens with zero attached hydrogens (tertiary/aromatic N) is 2. The summed E-state index contributed by atoms with van der Waals surface area (Å²) >= 11 is 0. The predicted molar refractivity (Wildman–Crippen MR) is 83.2 cm³/mol. The third kappa shape index (κ3) is 3.44. The summed E-state index contributed by atoms with van der Waals surface area (Å²) in [4.78, 5) is 6.18. The lowest BCUT2D eigenvalue weighted by Crippen LogP contribution is -2.07. The standard InChI is InChI=1S/C17H20N2/c1-4-15(16-9-11-18-12-10-16)13-14-5-7-17(8-6-14)19(2)3/h5-13H,4H2,1-3H3/b15-13+. The maximum atomic E-state index is 4.07. The summed E-state index contributed by atoms with van der Waals surface area (Å²) in [7, 11) is 4.11. The average molecular weight is 252 g/mol. The van der Waals surface area contributed by atoms with E-state index in [2.05, 4.69) is 73.4 Å². The average Bonchev–Trinajstić information content (AvgIpc) is 2.46. The predicted octanol–water partition coefficient (Wildman–Crippen LogP) is 4.10. The molecule has 1 heterocycles. The van der Waals surface area contributed by atoms with E-state index in [1.165, 1.54) is 22.4 Å². The minimum Gasteiger partial charge on any atom is -0.378 e. The van der Waals surface area contributed by atoms with Gasteiger partial charge in [-0.3, -0.25) is 4.98 Å². The van der Waals surface area contributed by atoms with Crippen molar-refractivity contribution >= 4 is 17.3 Å². The molecule has 0 atom stereocenters. The quantitative estimate of drug-likeness (QED) is 0.814. The first kappa shape index (κ1) is 13.3. The van der Waals surface area contributed by atoms with Crippen LogP contribution in [0.25, 0.3) is 11.6 Å². The molecule has 19 heavy (non-hydrogen) atoms. The maximum Gasteiger partial charge on any atom is 0.0361 e. The largest absolute Gasteiger partial charge is 0.378 e. The number of pyridine rings is 1. The van der Waals surface area contributed by atoms with Gasteiger partial charge in [0.2, 0.25) is 0 Å². The highest BCUT2D eigenvalue weighted by molar-refractivity contribution is 5.81. The second-order valence-electron chi connectivity index (χ2n) is 4.74. The van der Waals surface area contributed by atoms with Gasteiger partial charge >= 0.3 is 0 Å². The van der Waals surface area contributed by atoms with Gasteiger partial charge in [-0.25, -0.2) is 0 Å². The smallest absolute Gasteiger partial charge is 0.0361 e. The van der Waals surface area contributed by atoms with E-state index < -0.39 is 0 Å². The summed E-state index contributed by atoms with van der Waals surface area (Å²) in [5.41, 5.74) is 5.03. The van der Waals surface area contributed by atoms with Crippen LogP contribution in [0.3, 0.4) is 0 Å². The van der Waals surface area contributed by atoms with Gasteiger partial charge in [0.05, 0.1) is 0 Å². The molecule has 2 rings (SSSR count). The highest BCUT2D eigenvalue weighted by atomic mass is 15.1. The van der Waals surface area contributed by atoms with E-state index in [0.29, 0.717) is 0 Å². The van der Waals surface area contributed by atoms with Crippen LogP contribution in [0.5, 0.6) is 0 Å². The van der Waals surface area contributed by atoms with E-state index in [4.69, 9.17) is 0 Å². The van der Waals surface area contributed by atoms with Crippen LogP contribution in [0.4, 0.5) is 5.69 Å². The van der Waals surface area contributed by atoms with E-state index in [9.17, 15) is 0 Å². The molecule has 0 N–H and O–H groups in total. The Labute approximate surface area is 115 Å². The molecule has 2 aromatic rings. The fraction of sp³-hybridized carbons (Fsp3) is 0.235. The van der Waals surface area contributed by atoms with Crippen molar-refractivity contribution in [3.8, 4) is 0 Å². The topological polar surface area (TPSA) is 16.1 Å². The van der Waals surface area contributed by atoms with Gasteiger partial charge in [0.1, 0.15) is 0 Å². The number of aromatic nitrogens is 1. The highest BCUT2D eigenvalue weighted by Gasteiger charge is 2.00. The SMILES string of the molecule is CC/C(=C\c1ccc(N(C)C)cc1)c1ccncc1. The Hall–Kier alpha value is -2.09. The Balaban J connectivity index is 2.28. The van der Waals surface area contributed by atoms with Gasteiger partial charge in [0, 0.05) is 32.2 Å². The van der Waals surface area contributed by atoms with Crippen LogP contribution in [-0.4, -0.2) is 19.1 Å². The molecule has 0 radical (unpaired) electrons. The maximum absolute atomic E-state index is 4.07. The van der Waals surface area contributed by atoms with Crippen LogP contribution >= 0.6 is 0 Å². The minimum atomic E-state index is 1.01. The van der Waals surface area contributed by atoms with Crippen molar-refractivity contribution in [1.29, 1.82) is 0 Å². The van der Waals surface area contributed by atoms with Crippen LogP contribution in [0.2, 0.25) is 0 Å². The zero-order valence-electron chi connectivity index (χ0n) is 11.8. The van der Waals surface area contributed by atoms with Crippen LogP contribution in [0.1, 0.15) is 24.5 Å². The first-order valence-corrected chi connectivity index (χ1v) is 6.59. The van der Waals surface area contributed by atoms with Gasteiger partial charge in [-0.05, 0) is 47.4 Å². The van der Waals surface area contributed by atoms with Crippen LogP contribution in [-0.2, 0) is 0 Å².